The standard InChI is InChI=1S/C19H19N3O3S2/c1-3-12(2)14-6-4-5-7-15(14)20-18(23)11-26-19-21-16-9-8-13(22(24)25)10-17(16)27-19/h4-10,12H,3,11H2,1-2H3,(H,20,23). The Morgan fingerprint density at radius 2 is 2.11 bits per heavy atom. The van der Waals surface area contributed by atoms with Crippen molar-refractivity contribution in [1.29, 1.82) is 0 Å². The fourth-order valence-corrected chi connectivity index (χ4v) is 4.54. The fourth-order valence-electron chi connectivity index (χ4n) is 2.64. The number of hydrogen-bond donors (Lipinski definition) is 1. The Kier molecular flexibility index (Phi) is 6.08. The minimum Gasteiger partial charge on any atom is -0.325 e. The Labute approximate surface area is 165 Å². The summed E-state index contributed by atoms with van der Waals surface area (Å²) in [4.78, 5) is 27.2. The van der Waals surface area contributed by atoms with E-state index in [0.717, 1.165) is 26.7 Å². The fraction of sp³-hybridized carbons (Fsp3) is 0.263. The number of aromatic nitrogens is 1. The van der Waals surface area contributed by atoms with Crippen molar-refractivity contribution in [3.8, 4) is 0 Å². The average Bonchev–Trinajstić information content (AvgIpc) is 3.08. The Morgan fingerprint density at radius 1 is 1.33 bits per heavy atom. The van der Waals surface area contributed by atoms with Crippen molar-refractivity contribution in [3.05, 3.63) is 58.1 Å². The van der Waals surface area contributed by atoms with Crippen LogP contribution in [0.4, 0.5) is 11.4 Å². The first kappa shape index (κ1) is 19.3. The molecular weight excluding hydrogens is 382 g/mol. The summed E-state index contributed by atoms with van der Waals surface area (Å²) in [6.45, 7) is 4.26. The molecule has 0 aliphatic rings. The van der Waals surface area contributed by atoms with Crippen molar-refractivity contribution in [1.82, 2.24) is 4.98 Å². The Hall–Kier alpha value is -2.45. The van der Waals surface area contributed by atoms with Crippen molar-refractivity contribution in [2.24, 2.45) is 0 Å². The van der Waals surface area contributed by atoms with Gasteiger partial charge in [0.1, 0.15) is 0 Å². The number of amides is 1. The minimum atomic E-state index is -0.422. The lowest BCUT2D eigenvalue weighted by Crippen LogP contribution is -2.15. The van der Waals surface area contributed by atoms with Gasteiger partial charge < -0.3 is 5.32 Å². The van der Waals surface area contributed by atoms with Gasteiger partial charge >= 0.3 is 0 Å². The number of para-hydroxylation sites is 1. The number of carbonyl (C=O) groups excluding carboxylic acids is 1. The summed E-state index contributed by atoms with van der Waals surface area (Å²) in [6.07, 6.45) is 0.999. The molecule has 0 spiro atoms. The third-order valence-corrected chi connectivity index (χ3v) is 6.43. The maximum absolute atomic E-state index is 12.4. The number of thiazole rings is 1. The zero-order valence-electron chi connectivity index (χ0n) is 15.0. The lowest BCUT2D eigenvalue weighted by molar-refractivity contribution is -0.384. The van der Waals surface area contributed by atoms with Crippen LogP contribution in [0.15, 0.2) is 46.8 Å². The van der Waals surface area contributed by atoms with Gasteiger partial charge in [0.25, 0.3) is 5.69 Å². The van der Waals surface area contributed by atoms with Crippen molar-refractivity contribution in [2.75, 3.05) is 11.1 Å². The van der Waals surface area contributed by atoms with Crippen LogP contribution in [0.5, 0.6) is 0 Å². The van der Waals surface area contributed by atoms with Crippen molar-refractivity contribution >= 4 is 50.6 Å². The molecule has 140 valence electrons. The summed E-state index contributed by atoms with van der Waals surface area (Å²) < 4.78 is 1.46. The van der Waals surface area contributed by atoms with E-state index in [4.69, 9.17) is 0 Å². The van der Waals surface area contributed by atoms with Crippen LogP contribution in [0.1, 0.15) is 31.7 Å². The number of nitro benzene ring substituents is 1. The SMILES string of the molecule is CCC(C)c1ccccc1NC(=O)CSc1nc2ccc([N+](=O)[O-])cc2s1. The van der Waals surface area contributed by atoms with Crippen LogP contribution in [0.2, 0.25) is 0 Å². The third-order valence-electron chi connectivity index (χ3n) is 4.27. The Morgan fingerprint density at radius 3 is 2.85 bits per heavy atom. The van der Waals surface area contributed by atoms with Gasteiger partial charge in [0.2, 0.25) is 5.91 Å². The van der Waals surface area contributed by atoms with Gasteiger partial charge in [-0.3, -0.25) is 14.9 Å². The molecule has 1 atom stereocenters. The number of fused-ring (bicyclic) bond motifs is 1. The molecule has 1 N–H and O–H groups in total. The van der Waals surface area contributed by atoms with E-state index < -0.39 is 4.92 Å². The van der Waals surface area contributed by atoms with Crippen LogP contribution < -0.4 is 5.32 Å². The Balaban J connectivity index is 1.66. The third kappa shape index (κ3) is 4.64. The first-order valence-electron chi connectivity index (χ1n) is 8.54. The molecule has 1 heterocycles. The number of hydrogen-bond acceptors (Lipinski definition) is 6. The Bertz CT molecular complexity index is 987. The topological polar surface area (TPSA) is 85.1 Å². The number of nitrogens with zero attached hydrogens (tertiary/aromatic N) is 2. The molecule has 1 amide bonds. The van der Waals surface area contributed by atoms with E-state index in [1.807, 2.05) is 24.3 Å². The van der Waals surface area contributed by atoms with Gasteiger partial charge in [-0.05, 0) is 30.0 Å². The van der Waals surface area contributed by atoms with Gasteiger partial charge in [-0.2, -0.15) is 0 Å². The van der Waals surface area contributed by atoms with Gasteiger partial charge in [-0.1, -0.05) is 43.8 Å². The van der Waals surface area contributed by atoms with E-state index in [9.17, 15) is 14.9 Å². The van der Waals surface area contributed by atoms with Crippen molar-refractivity contribution in [2.45, 2.75) is 30.5 Å². The molecule has 27 heavy (non-hydrogen) atoms. The molecule has 0 aliphatic carbocycles. The van der Waals surface area contributed by atoms with Gasteiger partial charge in [-0.25, -0.2) is 4.98 Å². The van der Waals surface area contributed by atoms with Crippen LogP contribution in [-0.2, 0) is 4.79 Å². The van der Waals surface area contributed by atoms with Crippen LogP contribution in [0.3, 0.4) is 0 Å². The zero-order chi connectivity index (χ0) is 19.4. The van der Waals surface area contributed by atoms with E-state index in [1.165, 1.54) is 35.2 Å². The highest BCUT2D eigenvalue weighted by molar-refractivity contribution is 8.01. The lowest BCUT2D eigenvalue weighted by Gasteiger charge is -2.15. The highest BCUT2D eigenvalue weighted by atomic mass is 32.2. The first-order chi connectivity index (χ1) is 13.0. The van der Waals surface area contributed by atoms with Gasteiger partial charge in [0.15, 0.2) is 4.34 Å². The molecule has 0 radical (unpaired) electrons. The molecule has 0 fully saturated rings. The van der Waals surface area contributed by atoms with Gasteiger partial charge in [0, 0.05) is 17.8 Å². The largest absolute Gasteiger partial charge is 0.325 e. The number of non-ortho nitro benzene ring substituents is 1. The second-order valence-corrected chi connectivity index (χ2v) is 8.38. The van der Waals surface area contributed by atoms with Crippen molar-refractivity contribution in [3.63, 3.8) is 0 Å². The van der Waals surface area contributed by atoms with E-state index in [0.29, 0.717) is 11.4 Å². The molecule has 2 aromatic carbocycles. The maximum atomic E-state index is 12.4. The number of rotatable bonds is 7. The monoisotopic (exact) mass is 401 g/mol. The molecule has 0 saturated heterocycles. The molecule has 1 unspecified atom stereocenters. The number of anilines is 1. The quantitative estimate of drug-likeness (QED) is 0.323. The van der Waals surface area contributed by atoms with E-state index in [-0.39, 0.29) is 17.3 Å². The second-order valence-electron chi connectivity index (χ2n) is 6.12. The second kappa shape index (κ2) is 8.49. The summed E-state index contributed by atoms with van der Waals surface area (Å²) >= 11 is 2.69. The van der Waals surface area contributed by atoms with Gasteiger partial charge in [0.05, 0.1) is 20.9 Å². The van der Waals surface area contributed by atoms with E-state index >= 15 is 0 Å². The summed E-state index contributed by atoms with van der Waals surface area (Å²) in [5.41, 5.74) is 2.72. The van der Waals surface area contributed by atoms with Crippen LogP contribution >= 0.6 is 23.1 Å². The average molecular weight is 402 g/mol. The van der Waals surface area contributed by atoms with Gasteiger partial charge in [-0.15, -0.1) is 11.3 Å². The molecule has 0 aliphatic heterocycles. The summed E-state index contributed by atoms with van der Waals surface area (Å²) in [5.74, 6) is 0.506. The van der Waals surface area contributed by atoms with Crippen LogP contribution in [0.25, 0.3) is 10.2 Å². The van der Waals surface area contributed by atoms with E-state index in [2.05, 4.69) is 24.1 Å². The molecule has 3 aromatic rings. The lowest BCUT2D eigenvalue weighted by atomic mass is 9.97. The van der Waals surface area contributed by atoms with Crippen molar-refractivity contribution < 1.29 is 9.72 Å². The number of thioether (sulfide) groups is 1. The first-order valence-corrected chi connectivity index (χ1v) is 10.3. The predicted molar refractivity (Wildman–Crippen MR) is 111 cm³/mol. The molecule has 0 bridgehead atoms. The minimum absolute atomic E-state index is 0.0436. The molecule has 3 rings (SSSR count). The molecule has 0 saturated carbocycles. The number of nitrogens with one attached hydrogen (secondary N) is 1. The number of benzene rings is 2. The summed E-state index contributed by atoms with van der Waals surface area (Å²) in [6, 6.07) is 12.4. The number of nitro groups is 1. The summed E-state index contributed by atoms with van der Waals surface area (Å²) in [5, 5.41) is 13.9. The summed E-state index contributed by atoms with van der Waals surface area (Å²) in [7, 11) is 0. The zero-order valence-corrected chi connectivity index (χ0v) is 16.6. The highest BCUT2D eigenvalue weighted by Crippen LogP contribution is 2.32. The van der Waals surface area contributed by atoms with Crippen LogP contribution in [-0.4, -0.2) is 21.6 Å². The smallest absolute Gasteiger partial charge is 0.270 e. The molecular formula is C19H19N3O3S2. The van der Waals surface area contributed by atoms with Crippen LogP contribution in [0, 0.1) is 10.1 Å². The van der Waals surface area contributed by atoms with E-state index in [1.54, 1.807) is 6.07 Å². The molecule has 6 nitrogen and oxygen atoms in total. The maximum Gasteiger partial charge on any atom is 0.270 e. The normalized spacial score (nSPS) is 12.1. The molecule has 1 aromatic heterocycles. The number of carbonyl (C=O) groups is 1. The highest BCUT2D eigenvalue weighted by Gasteiger charge is 2.14. The predicted octanol–water partition coefficient (Wildman–Crippen LogP) is 5.45. The molecule has 8 heteroatoms.